The molecule has 0 amide bonds. The number of rotatable bonds is 6. The summed E-state index contributed by atoms with van der Waals surface area (Å²) in [7, 11) is 3.00. The van der Waals surface area contributed by atoms with Crippen LogP contribution in [0.4, 0.5) is 0 Å². The summed E-state index contributed by atoms with van der Waals surface area (Å²) in [5.74, 6) is 2.41. The second kappa shape index (κ2) is 6.84. The standard InChI is InChI=1S/C22H28O5/c1-13(27-21(24)17-5-4-6-18(25-2)19(17)26-3)20(23)22-10-14-7-15(11-22)9-16(8-14)12-22/h4-6,13-16H,7-12H2,1-3H3/t13-,14?,15?,16?,22?/m1/s1. The van der Waals surface area contributed by atoms with Gasteiger partial charge in [-0.05, 0) is 75.3 Å². The lowest BCUT2D eigenvalue weighted by Crippen LogP contribution is -2.52. The minimum Gasteiger partial charge on any atom is -0.493 e. The van der Waals surface area contributed by atoms with E-state index in [-0.39, 0.29) is 16.8 Å². The lowest BCUT2D eigenvalue weighted by Gasteiger charge is -2.56. The molecular formula is C22H28O5. The average molecular weight is 372 g/mol. The number of carbonyl (C=O) groups is 2. The number of ether oxygens (including phenoxy) is 3. The minimum atomic E-state index is -0.746. The van der Waals surface area contributed by atoms with Gasteiger partial charge in [0.1, 0.15) is 5.56 Å². The van der Waals surface area contributed by atoms with Crippen molar-refractivity contribution in [3.05, 3.63) is 23.8 Å². The van der Waals surface area contributed by atoms with E-state index < -0.39 is 12.1 Å². The molecule has 4 aliphatic rings. The molecule has 5 nitrogen and oxygen atoms in total. The highest BCUT2D eigenvalue weighted by Crippen LogP contribution is 2.60. The first-order chi connectivity index (χ1) is 13.0. The molecule has 5 rings (SSSR count). The average Bonchev–Trinajstić information content (AvgIpc) is 2.65. The molecule has 1 aromatic carbocycles. The van der Waals surface area contributed by atoms with Crippen molar-refractivity contribution < 1.29 is 23.8 Å². The molecule has 146 valence electrons. The number of ketones is 1. The van der Waals surface area contributed by atoms with Crippen LogP contribution in [0.3, 0.4) is 0 Å². The molecular weight excluding hydrogens is 344 g/mol. The molecule has 0 radical (unpaired) electrons. The first kappa shape index (κ1) is 18.3. The van der Waals surface area contributed by atoms with Crippen LogP contribution in [0.15, 0.2) is 18.2 Å². The van der Waals surface area contributed by atoms with E-state index in [1.54, 1.807) is 25.1 Å². The Kier molecular flexibility index (Phi) is 4.65. The Morgan fingerprint density at radius 1 is 1.00 bits per heavy atom. The van der Waals surface area contributed by atoms with Crippen LogP contribution < -0.4 is 9.47 Å². The van der Waals surface area contributed by atoms with Crippen LogP contribution in [-0.4, -0.2) is 32.1 Å². The molecule has 27 heavy (non-hydrogen) atoms. The maximum atomic E-state index is 13.3. The van der Waals surface area contributed by atoms with E-state index in [2.05, 4.69) is 0 Å². The predicted octanol–water partition coefficient (Wildman–Crippen LogP) is 4.03. The highest BCUT2D eigenvalue weighted by molar-refractivity contribution is 5.97. The van der Waals surface area contributed by atoms with Crippen LogP contribution in [0.5, 0.6) is 11.5 Å². The zero-order chi connectivity index (χ0) is 19.2. The van der Waals surface area contributed by atoms with Crippen molar-refractivity contribution in [3.8, 4) is 11.5 Å². The maximum absolute atomic E-state index is 13.3. The highest BCUT2D eigenvalue weighted by Gasteiger charge is 2.55. The minimum absolute atomic E-state index is 0.108. The molecule has 5 heteroatoms. The van der Waals surface area contributed by atoms with E-state index >= 15 is 0 Å². The smallest absolute Gasteiger partial charge is 0.342 e. The molecule has 1 aromatic rings. The van der Waals surface area contributed by atoms with E-state index in [1.807, 2.05) is 0 Å². The van der Waals surface area contributed by atoms with Crippen LogP contribution in [0.2, 0.25) is 0 Å². The van der Waals surface area contributed by atoms with Gasteiger partial charge in [-0.1, -0.05) is 6.07 Å². The fourth-order valence-corrected chi connectivity index (χ4v) is 6.17. The van der Waals surface area contributed by atoms with Crippen molar-refractivity contribution in [2.24, 2.45) is 23.2 Å². The van der Waals surface area contributed by atoms with Crippen molar-refractivity contribution in [2.45, 2.75) is 51.6 Å². The molecule has 0 saturated heterocycles. The van der Waals surface area contributed by atoms with Crippen molar-refractivity contribution in [1.29, 1.82) is 0 Å². The van der Waals surface area contributed by atoms with Crippen LogP contribution in [0.1, 0.15) is 55.8 Å². The lowest BCUT2D eigenvalue weighted by molar-refractivity contribution is -0.152. The Labute approximate surface area is 160 Å². The van der Waals surface area contributed by atoms with Crippen molar-refractivity contribution in [1.82, 2.24) is 0 Å². The summed E-state index contributed by atoms with van der Waals surface area (Å²) >= 11 is 0. The van der Waals surface area contributed by atoms with Gasteiger partial charge in [0.15, 0.2) is 23.4 Å². The van der Waals surface area contributed by atoms with Gasteiger partial charge in [-0.15, -0.1) is 0 Å². The third kappa shape index (κ3) is 3.11. The van der Waals surface area contributed by atoms with Crippen molar-refractivity contribution in [2.75, 3.05) is 14.2 Å². The second-order valence-electron chi connectivity index (χ2n) is 8.65. The van der Waals surface area contributed by atoms with Crippen LogP contribution >= 0.6 is 0 Å². The summed E-state index contributed by atoms with van der Waals surface area (Å²) in [5, 5.41) is 0. The van der Waals surface area contributed by atoms with Gasteiger partial charge in [-0.2, -0.15) is 0 Å². The Morgan fingerprint density at radius 3 is 2.11 bits per heavy atom. The third-order valence-electron chi connectivity index (χ3n) is 6.84. The number of benzene rings is 1. The van der Waals surface area contributed by atoms with Crippen LogP contribution in [0, 0.1) is 23.2 Å². The number of carbonyl (C=O) groups excluding carboxylic acids is 2. The van der Waals surface area contributed by atoms with E-state index in [0.717, 1.165) is 19.3 Å². The Balaban J connectivity index is 1.50. The Hall–Kier alpha value is -2.04. The van der Waals surface area contributed by atoms with Gasteiger partial charge >= 0.3 is 5.97 Å². The number of Topliss-reactive ketones (excluding diaryl/α,β-unsaturated/α-hetero) is 1. The summed E-state index contributed by atoms with van der Waals surface area (Å²) < 4.78 is 16.2. The summed E-state index contributed by atoms with van der Waals surface area (Å²) in [6.07, 6.45) is 6.02. The SMILES string of the molecule is COc1cccc(C(=O)O[C@H](C)C(=O)C23CC4CC(CC(C4)C2)C3)c1OC. The molecule has 0 N–H and O–H groups in total. The van der Waals surface area contributed by atoms with Gasteiger partial charge in [-0.25, -0.2) is 4.79 Å². The topological polar surface area (TPSA) is 61.8 Å². The first-order valence-electron chi connectivity index (χ1n) is 9.92. The van der Waals surface area contributed by atoms with Crippen molar-refractivity contribution >= 4 is 11.8 Å². The van der Waals surface area contributed by atoms with Crippen LogP contribution in [-0.2, 0) is 9.53 Å². The maximum Gasteiger partial charge on any atom is 0.342 e. The number of hydrogen-bond donors (Lipinski definition) is 0. The number of methoxy groups -OCH3 is 2. The summed E-state index contributed by atoms with van der Waals surface area (Å²) in [6, 6.07) is 5.06. The number of hydrogen-bond acceptors (Lipinski definition) is 5. The Morgan fingerprint density at radius 2 is 1.59 bits per heavy atom. The normalized spacial score (nSPS) is 32.0. The molecule has 0 unspecified atom stereocenters. The van der Waals surface area contributed by atoms with Crippen LogP contribution in [0.25, 0.3) is 0 Å². The van der Waals surface area contributed by atoms with E-state index in [0.29, 0.717) is 29.3 Å². The molecule has 4 aliphatic carbocycles. The fraction of sp³-hybridized carbons (Fsp3) is 0.636. The Bertz CT molecular complexity index is 718. The summed E-state index contributed by atoms with van der Waals surface area (Å²) in [5.41, 5.74) is 0.00872. The van der Waals surface area contributed by atoms with Crippen molar-refractivity contribution in [3.63, 3.8) is 0 Å². The van der Waals surface area contributed by atoms with Gasteiger partial charge < -0.3 is 14.2 Å². The molecule has 0 aromatic heterocycles. The quantitative estimate of drug-likeness (QED) is 0.706. The van der Waals surface area contributed by atoms with Gasteiger partial charge in [-0.3, -0.25) is 4.79 Å². The molecule has 4 fully saturated rings. The summed E-state index contributed by atoms with van der Waals surface area (Å²) in [6.45, 7) is 1.71. The number of esters is 1. The highest BCUT2D eigenvalue weighted by atomic mass is 16.6. The fourth-order valence-electron chi connectivity index (χ4n) is 6.17. The third-order valence-corrected chi connectivity index (χ3v) is 6.84. The van der Waals surface area contributed by atoms with Gasteiger partial charge in [0.25, 0.3) is 0 Å². The van der Waals surface area contributed by atoms with Gasteiger partial charge in [0.05, 0.1) is 14.2 Å². The molecule has 1 atom stereocenters. The molecule has 0 heterocycles. The molecule has 0 aliphatic heterocycles. The largest absolute Gasteiger partial charge is 0.493 e. The monoisotopic (exact) mass is 372 g/mol. The zero-order valence-electron chi connectivity index (χ0n) is 16.3. The summed E-state index contributed by atoms with van der Waals surface area (Å²) in [4.78, 5) is 26.0. The number of para-hydroxylation sites is 1. The first-order valence-corrected chi connectivity index (χ1v) is 9.92. The zero-order valence-corrected chi connectivity index (χ0v) is 16.3. The molecule has 0 spiro atoms. The molecule has 4 saturated carbocycles. The van der Waals surface area contributed by atoms with Gasteiger partial charge in [0, 0.05) is 5.41 Å². The van der Waals surface area contributed by atoms with E-state index in [1.165, 1.54) is 33.5 Å². The second-order valence-corrected chi connectivity index (χ2v) is 8.65. The molecule has 4 bridgehead atoms. The predicted molar refractivity (Wildman–Crippen MR) is 100 cm³/mol. The van der Waals surface area contributed by atoms with E-state index in [4.69, 9.17) is 14.2 Å². The van der Waals surface area contributed by atoms with E-state index in [9.17, 15) is 9.59 Å². The van der Waals surface area contributed by atoms with Gasteiger partial charge in [0.2, 0.25) is 0 Å². The lowest BCUT2D eigenvalue weighted by atomic mass is 9.48.